The van der Waals surface area contributed by atoms with Gasteiger partial charge in [0.1, 0.15) is 11.4 Å². The van der Waals surface area contributed by atoms with Crippen molar-refractivity contribution >= 4 is 17.5 Å². The Kier molecular flexibility index (Phi) is 6.39. The number of carbonyl (C=O) groups excluding carboxylic acids is 1. The van der Waals surface area contributed by atoms with Gasteiger partial charge in [0.15, 0.2) is 0 Å². The zero-order chi connectivity index (χ0) is 20.8. The van der Waals surface area contributed by atoms with Crippen molar-refractivity contribution in [2.24, 2.45) is 0 Å². The predicted molar refractivity (Wildman–Crippen MR) is 113 cm³/mol. The summed E-state index contributed by atoms with van der Waals surface area (Å²) in [6.07, 6.45) is 4.26. The van der Waals surface area contributed by atoms with Crippen molar-refractivity contribution in [1.29, 1.82) is 0 Å². The molecule has 1 aromatic carbocycles. The minimum absolute atomic E-state index is 0.149. The van der Waals surface area contributed by atoms with Crippen LogP contribution in [-0.4, -0.2) is 46.5 Å². The molecule has 1 amide bonds. The average molecular weight is 391 g/mol. The zero-order valence-electron chi connectivity index (χ0n) is 17.1. The SMILES string of the molecule is COc1ccc(C)cc1Nc1nc(C)cc(C(=O)N(C)CCc2ccncc2)n1. The molecule has 29 heavy (non-hydrogen) atoms. The summed E-state index contributed by atoms with van der Waals surface area (Å²) in [5.41, 5.74) is 4.02. The molecule has 2 aromatic heterocycles. The van der Waals surface area contributed by atoms with E-state index in [1.807, 2.05) is 44.2 Å². The average Bonchev–Trinajstić information content (AvgIpc) is 2.72. The van der Waals surface area contributed by atoms with E-state index in [1.54, 1.807) is 37.5 Å². The van der Waals surface area contributed by atoms with Crippen molar-refractivity contribution in [3.8, 4) is 5.75 Å². The summed E-state index contributed by atoms with van der Waals surface area (Å²) < 4.78 is 5.40. The van der Waals surface area contributed by atoms with Gasteiger partial charge in [-0.25, -0.2) is 9.97 Å². The Morgan fingerprint density at radius 3 is 2.59 bits per heavy atom. The van der Waals surface area contributed by atoms with Gasteiger partial charge in [0.2, 0.25) is 5.95 Å². The number of likely N-dealkylation sites (N-methyl/N-ethyl adjacent to an activating group) is 1. The van der Waals surface area contributed by atoms with Crippen LogP contribution in [0.1, 0.15) is 27.3 Å². The maximum absolute atomic E-state index is 12.9. The monoisotopic (exact) mass is 391 g/mol. The molecule has 7 heteroatoms. The number of aryl methyl sites for hydroxylation is 2. The molecule has 0 spiro atoms. The highest BCUT2D eigenvalue weighted by Gasteiger charge is 2.16. The Morgan fingerprint density at radius 1 is 1.10 bits per heavy atom. The summed E-state index contributed by atoms with van der Waals surface area (Å²) in [7, 11) is 3.39. The minimum Gasteiger partial charge on any atom is -0.495 e. The molecule has 0 fully saturated rings. The van der Waals surface area contributed by atoms with Crippen molar-refractivity contribution in [3.05, 3.63) is 71.3 Å². The molecule has 0 aliphatic carbocycles. The number of nitrogens with zero attached hydrogens (tertiary/aromatic N) is 4. The van der Waals surface area contributed by atoms with Crippen molar-refractivity contribution < 1.29 is 9.53 Å². The van der Waals surface area contributed by atoms with E-state index in [0.29, 0.717) is 29.6 Å². The molecule has 3 aromatic rings. The van der Waals surface area contributed by atoms with Crippen LogP contribution in [0, 0.1) is 13.8 Å². The second-order valence-electron chi connectivity index (χ2n) is 6.88. The lowest BCUT2D eigenvalue weighted by Gasteiger charge is -2.17. The van der Waals surface area contributed by atoms with Crippen LogP contribution in [0.15, 0.2) is 48.8 Å². The maximum atomic E-state index is 12.9. The van der Waals surface area contributed by atoms with E-state index in [-0.39, 0.29) is 5.91 Å². The highest BCUT2D eigenvalue weighted by molar-refractivity contribution is 5.92. The van der Waals surface area contributed by atoms with E-state index < -0.39 is 0 Å². The van der Waals surface area contributed by atoms with Crippen LogP contribution in [0.4, 0.5) is 11.6 Å². The third-order valence-corrected chi connectivity index (χ3v) is 4.51. The number of pyridine rings is 1. The first kappa shape index (κ1) is 20.3. The van der Waals surface area contributed by atoms with E-state index in [2.05, 4.69) is 20.3 Å². The van der Waals surface area contributed by atoms with Crippen LogP contribution >= 0.6 is 0 Å². The first-order chi connectivity index (χ1) is 14.0. The van der Waals surface area contributed by atoms with E-state index >= 15 is 0 Å². The number of anilines is 2. The van der Waals surface area contributed by atoms with Gasteiger partial charge in [-0.05, 0) is 61.7 Å². The van der Waals surface area contributed by atoms with Gasteiger partial charge in [-0.2, -0.15) is 0 Å². The Morgan fingerprint density at radius 2 is 1.86 bits per heavy atom. The van der Waals surface area contributed by atoms with Crippen LogP contribution in [0.25, 0.3) is 0 Å². The molecular weight excluding hydrogens is 366 g/mol. The molecule has 0 atom stereocenters. The normalized spacial score (nSPS) is 10.5. The Hall–Kier alpha value is -3.48. The van der Waals surface area contributed by atoms with Gasteiger partial charge < -0.3 is 15.0 Å². The molecule has 0 aliphatic heterocycles. The molecule has 0 bridgehead atoms. The molecule has 0 aliphatic rings. The van der Waals surface area contributed by atoms with E-state index in [4.69, 9.17) is 4.74 Å². The number of ether oxygens (including phenoxy) is 1. The number of carbonyl (C=O) groups is 1. The number of amides is 1. The molecule has 150 valence electrons. The number of methoxy groups -OCH3 is 1. The van der Waals surface area contributed by atoms with Gasteiger partial charge in [-0.3, -0.25) is 9.78 Å². The number of rotatable bonds is 7. The molecule has 1 N–H and O–H groups in total. The van der Waals surface area contributed by atoms with E-state index in [0.717, 1.165) is 23.2 Å². The smallest absolute Gasteiger partial charge is 0.272 e. The number of hydrogen-bond donors (Lipinski definition) is 1. The van der Waals surface area contributed by atoms with E-state index in [1.165, 1.54) is 0 Å². The number of hydrogen-bond acceptors (Lipinski definition) is 6. The first-order valence-electron chi connectivity index (χ1n) is 9.38. The summed E-state index contributed by atoms with van der Waals surface area (Å²) in [5.74, 6) is 0.895. The third-order valence-electron chi connectivity index (χ3n) is 4.51. The molecule has 7 nitrogen and oxygen atoms in total. The van der Waals surface area contributed by atoms with Crippen LogP contribution in [0.3, 0.4) is 0 Å². The summed E-state index contributed by atoms with van der Waals surface area (Å²) in [6, 6.07) is 11.4. The molecule has 0 saturated carbocycles. The van der Waals surface area contributed by atoms with Crippen LogP contribution in [-0.2, 0) is 6.42 Å². The van der Waals surface area contributed by atoms with Crippen LogP contribution in [0.5, 0.6) is 5.75 Å². The molecule has 3 rings (SSSR count). The largest absolute Gasteiger partial charge is 0.495 e. The zero-order valence-corrected chi connectivity index (χ0v) is 17.1. The number of nitrogens with one attached hydrogen (secondary N) is 1. The summed E-state index contributed by atoms with van der Waals surface area (Å²) in [4.78, 5) is 27.4. The lowest BCUT2D eigenvalue weighted by Crippen LogP contribution is -2.30. The van der Waals surface area contributed by atoms with Gasteiger partial charge in [-0.15, -0.1) is 0 Å². The second-order valence-corrected chi connectivity index (χ2v) is 6.88. The quantitative estimate of drug-likeness (QED) is 0.663. The maximum Gasteiger partial charge on any atom is 0.272 e. The van der Waals surface area contributed by atoms with Crippen molar-refractivity contribution in [2.45, 2.75) is 20.3 Å². The Labute approximate surface area is 170 Å². The topological polar surface area (TPSA) is 80.2 Å². The predicted octanol–water partition coefficient (Wildman–Crippen LogP) is 3.56. The van der Waals surface area contributed by atoms with Gasteiger partial charge in [-0.1, -0.05) is 6.07 Å². The third kappa shape index (κ3) is 5.28. The van der Waals surface area contributed by atoms with Crippen molar-refractivity contribution in [2.75, 3.05) is 26.0 Å². The summed E-state index contributed by atoms with van der Waals surface area (Å²) in [5, 5.41) is 3.17. The summed E-state index contributed by atoms with van der Waals surface area (Å²) >= 11 is 0. The van der Waals surface area contributed by atoms with Crippen LogP contribution < -0.4 is 10.1 Å². The fraction of sp³-hybridized carbons (Fsp3) is 0.273. The van der Waals surface area contributed by atoms with Crippen molar-refractivity contribution in [1.82, 2.24) is 19.9 Å². The molecular formula is C22H25N5O2. The van der Waals surface area contributed by atoms with Crippen LogP contribution in [0.2, 0.25) is 0 Å². The number of benzene rings is 1. The molecule has 0 unspecified atom stereocenters. The fourth-order valence-corrected chi connectivity index (χ4v) is 2.92. The number of aromatic nitrogens is 3. The molecule has 0 saturated heterocycles. The fourth-order valence-electron chi connectivity index (χ4n) is 2.92. The molecule has 0 radical (unpaired) electrons. The molecule has 2 heterocycles. The van der Waals surface area contributed by atoms with E-state index in [9.17, 15) is 4.79 Å². The van der Waals surface area contributed by atoms with Gasteiger partial charge in [0.25, 0.3) is 5.91 Å². The van der Waals surface area contributed by atoms with Gasteiger partial charge >= 0.3 is 0 Å². The van der Waals surface area contributed by atoms with Gasteiger partial charge in [0.05, 0.1) is 12.8 Å². The Balaban J connectivity index is 1.76. The Bertz CT molecular complexity index is 992. The summed E-state index contributed by atoms with van der Waals surface area (Å²) in [6.45, 7) is 4.42. The van der Waals surface area contributed by atoms with Crippen molar-refractivity contribution in [3.63, 3.8) is 0 Å². The second kappa shape index (κ2) is 9.14. The highest BCUT2D eigenvalue weighted by Crippen LogP contribution is 2.27. The van der Waals surface area contributed by atoms with Gasteiger partial charge in [0, 0.05) is 31.7 Å². The first-order valence-corrected chi connectivity index (χ1v) is 9.38. The standard InChI is InChI=1S/C22H25N5O2/c1-15-5-6-20(29-4)18(13-15)25-22-24-16(2)14-19(26-22)21(28)27(3)12-9-17-7-10-23-11-8-17/h5-8,10-11,13-14H,9,12H2,1-4H3,(H,24,25,26). The lowest BCUT2D eigenvalue weighted by molar-refractivity contribution is 0.0790. The lowest BCUT2D eigenvalue weighted by atomic mass is 10.2. The minimum atomic E-state index is -0.149. The highest BCUT2D eigenvalue weighted by atomic mass is 16.5.